The van der Waals surface area contributed by atoms with E-state index < -0.39 is 0 Å². The highest BCUT2D eigenvalue weighted by molar-refractivity contribution is 7.21. The van der Waals surface area contributed by atoms with Crippen LogP contribution in [-0.4, -0.2) is 9.97 Å². The van der Waals surface area contributed by atoms with Crippen molar-refractivity contribution in [1.29, 1.82) is 0 Å². The first-order chi connectivity index (χ1) is 11.8. The highest BCUT2D eigenvalue weighted by Gasteiger charge is 2.17. The third-order valence-corrected chi connectivity index (χ3v) is 6.45. The van der Waals surface area contributed by atoms with Crippen LogP contribution < -0.4 is 0 Å². The molecular weight excluding hydrogens is 344 g/mol. The Morgan fingerprint density at radius 3 is 2.52 bits per heavy atom. The van der Waals surface area contributed by atoms with Crippen molar-refractivity contribution in [3.8, 4) is 10.6 Å². The number of thiazole rings is 2. The summed E-state index contributed by atoms with van der Waals surface area (Å²) in [5.74, 6) is 0.450. The molecule has 2 aromatic heterocycles. The Bertz CT molecular complexity index is 1060. The van der Waals surface area contributed by atoms with E-state index in [0.29, 0.717) is 5.92 Å². The van der Waals surface area contributed by atoms with Gasteiger partial charge in [0.15, 0.2) is 0 Å². The first kappa shape index (κ1) is 16.7. The van der Waals surface area contributed by atoms with Crippen molar-refractivity contribution in [2.45, 2.75) is 46.0 Å². The number of fused-ring (bicyclic) bond motifs is 2. The summed E-state index contributed by atoms with van der Waals surface area (Å²) in [6, 6.07) is 11.2. The van der Waals surface area contributed by atoms with Gasteiger partial charge in [-0.25, -0.2) is 9.97 Å². The van der Waals surface area contributed by atoms with Gasteiger partial charge in [-0.2, -0.15) is 0 Å². The van der Waals surface area contributed by atoms with Gasteiger partial charge in [0.25, 0.3) is 0 Å². The molecule has 4 rings (SSSR count). The summed E-state index contributed by atoms with van der Waals surface area (Å²) in [7, 11) is 0. The van der Waals surface area contributed by atoms with E-state index in [1.807, 2.05) is 5.51 Å². The molecule has 4 heteroatoms. The van der Waals surface area contributed by atoms with E-state index >= 15 is 0 Å². The second-order valence-corrected chi connectivity index (χ2v) is 9.79. The first-order valence-electron chi connectivity index (χ1n) is 8.61. The van der Waals surface area contributed by atoms with Crippen LogP contribution in [0.15, 0.2) is 35.8 Å². The zero-order valence-electron chi connectivity index (χ0n) is 15.3. The Labute approximate surface area is 156 Å². The summed E-state index contributed by atoms with van der Waals surface area (Å²) in [6.45, 7) is 11.2. The van der Waals surface area contributed by atoms with Gasteiger partial charge in [0.1, 0.15) is 5.01 Å². The Morgan fingerprint density at radius 1 is 1.00 bits per heavy atom. The van der Waals surface area contributed by atoms with Gasteiger partial charge in [-0.15, -0.1) is 22.7 Å². The van der Waals surface area contributed by atoms with Crippen molar-refractivity contribution >= 4 is 43.1 Å². The van der Waals surface area contributed by atoms with Gasteiger partial charge < -0.3 is 0 Å². The lowest BCUT2D eigenvalue weighted by atomic mass is 9.87. The molecule has 0 amide bonds. The standard InChI is InChI=1S/C21H22N2S2/c1-12(2)15-8-13(9-18-19(15)22-11-24-18)20-23-16-10-14(21(3,4)5)6-7-17(16)25-20/h6-12H,1-5H3. The molecule has 0 radical (unpaired) electrons. The van der Waals surface area contributed by atoms with E-state index in [1.165, 1.54) is 26.1 Å². The van der Waals surface area contributed by atoms with Crippen molar-refractivity contribution in [3.05, 3.63) is 47.0 Å². The maximum atomic E-state index is 4.95. The summed E-state index contributed by atoms with van der Waals surface area (Å²) in [5, 5.41) is 1.10. The quantitative estimate of drug-likeness (QED) is 0.382. The molecule has 0 bridgehead atoms. The number of hydrogen-bond donors (Lipinski definition) is 0. The van der Waals surface area contributed by atoms with Crippen LogP contribution in [0.1, 0.15) is 51.7 Å². The molecule has 0 fully saturated rings. The van der Waals surface area contributed by atoms with E-state index in [9.17, 15) is 0 Å². The van der Waals surface area contributed by atoms with Gasteiger partial charge in [-0.1, -0.05) is 40.7 Å². The van der Waals surface area contributed by atoms with Gasteiger partial charge in [0.05, 0.1) is 25.9 Å². The lowest BCUT2D eigenvalue weighted by Crippen LogP contribution is -2.10. The summed E-state index contributed by atoms with van der Waals surface area (Å²) < 4.78 is 2.49. The number of hydrogen-bond acceptors (Lipinski definition) is 4. The van der Waals surface area contributed by atoms with Crippen LogP contribution in [0.25, 0.3) is 31.0 Å². The van der Waals surface area contributed by atoms with Gasteiger partial charge >= 0.3 is 0 Å². The molecule has 0 aliphatic rings. The molecule has 0 saturated heterocycles. The SMILES string of the molecule is CC(C)c1cc(-c2nc3cc(C(C)(C)C)ccc3s2)cc2scnc12. The minimum atomic E-state index is 0.143. The summed E-state index contributed by atoms with van der Waals surface area (Å²) in [6.07, 6.45) is 0. The fraction of sp³-hybridized carbons (Fsp3) is 0.333. The molecule has 2 nitrogen and oxygen atoms in total. The topological polar surface area (TPSA) is 25.8 Å². The summed E-state index contributed by atoms with van der Waals surface area (Å²) in [5.41, 5.74) is 8.17. The lowest BCUT2D eigenvalue weighted by Gasteiger charge is -2.18. The van der Waals surface area contributed by atoms with E-state index in [1.54, 1.807) is 22.7 Å². The second kappa shape index (κ2) is 5.89. The number of rotatable bonds is 2. The fourth-order valence-electron chi connectivity index (χ4n) is 3.07. The molecule has 0 unspecified atom stereocenters. The van der Waals surface area contributed by atoms with Crippen molar-refractivity contribution in [2.24, 2.45) is 0 Å². The molecule has 0 aliphatic heterocycles. The molecule has 2 heterocycles. The largest absolute Gasteiger partial charge is 0.244 e. The van der Waals surface area contributed by atoms with E-state index in [4.69, 9.17) is 4.98 Å². The van der Waals surface area contributed by atoms with Crippen LogP contribution in [0, 0.1) is 0 Å². The first-order valence-corrected chi connectivity index (χ1v) is 10.3. The number of benzene rings is 2. The molecule has 0 N–H and O–H groups in total. The van der Waals surface area contributed by atoms with Gasteiger partial charge in [0, 0.05) is 5.56 Å². The van der Waals surface area contributed by atoms with Gasteiger partial charge in [-0.05, 0) is 46.7 Å². The molecule has 4 aromatic rings. The van der Waals surface area contributed by atoms with Crippen LogP contribution in [0.4, 0.5) is 0 Å². The van der Waals surface area contributed by atoms with Crippen molar-refractivity contribution in [3.63, 3.8) is 0 Å². The summed E-state index contributed by atoms with van der Waals surface area (Å²) >= 11 is 3.48. The smallest absolute Gasteiger partial charge is 0.124 e. The normalized spacial score (nSPS) is 12.6. The van der Waals surface area contributed by atoms with E-state index in [2.05, 4.69) is 69.9 Å². The second-order valence-electron chi connectivity index (χ2n) is 7.87. The molecule has 0 spiro atoms. The Balaban J connectivity index is 1.88. The van der Waals surface area contributed by atoms with Crippen LogP contribution in [0.5, 0.6) is 0 Å². The predicted octanol–water partition coefficient (Wildman–Crippen LogP) is 6.99. The highest BCUT2D eigenvalue weighted by Crippen LogP contribution is 2.37. The maximum Gasteiger partial charge on any atom is 0.124 e. The average Bonchev–Trinajstić information content (AvgIpc) is 3.18. The van der Waals surface area contributed by atoms with Crippen LogP contribution in [-0.2, 0) is 5.41 Å². The number of nitrogens with zero attached hydrogens (tertiary/aromatic N) is 2. The zero-order chi connectivity index (χ0) is 17.8. The van der Waals surface area contributed by atoms with Crippen molar-refractivity contribution in [2.75, 3.05) is 0 Å². The molecular formula is C21H22N2S2. The molecule has 128 valence electrons. The van der Waals surface area contributed by atoms with Crippen molar-refractivity contribution in [1.82, 2.24) is 9.97 Å². The fourth-order valence-corrected chi connectivity index (χ4v) is 4.76. The summed E-state index contributed by atoms with van der Waals surface area (Å²) in [4.78, 5) is 9.51. The Hall–Kier alpha value is -1.78. The predicted molar refractivity (Wildman–Crippen MR) is 111 cm³/mol. The van der Waals surface area contributed by atoms with E-state index in [0.717, 1.165) is 16.0 Å². The lowest BCUT2D eigenvalue weighted by molar-refractivity contribution is 0.591. The number of aromatic nitrogens is 2. The molecule has 0 atom stereocenters. The highest BCUT2D eigenvalue weighted by atomic mass is 32.1. The van der Waals surface area contributed by atoms with Crippen LogP contribution in [0.3, 0.4) is 0 Å². The molecule has 0 saturated carbocycles. The van der Waals surface area contributed by atoms with Crippen molar-refractivity contribution < 1.29 is 0 Å². The minimum absolute atomic E-state index is 0.143. The van der Waals surface area contributed by atoms with Crippen LogP contribution >= 0.6 is 22.7 Å². The maximum absolute atomic E-state index is 4.95. The third-order valence-electron chi connectivity index (χ3n) is 4.59. The average molecular weight is 367 g/mol. The van der Waals surface area contributed by atoms with Gasteiger partial charge in [0.2, 0.25) is 0 Å². The minimum Gasteiger partial charge on any atom is -0.244 e. The molecule has 2 aromatic carbocycles. The Morgan fingerprint density at radius 2 is 1.80 bits per heavy atom. The molecule has 25 heavy (non-hydrogen) atoms. The Kier molecular flexibility index (Phi) is 3.93. The monoisotopic (exact) mass is 366 g/mol. The zero-order valence-corrected chi connectivity index (χ0v) is 16.9. The molecule has 0 aliphatic carbocycles. The van der Waals surface area contributed by atoms with Crippen LogP contribution in [0.2, 0.25) is 0 Å². The third kappa shape index (κ3) is 2.98. The van der Waals surface area contributed by atoms with Gasteiger partial charge in [-0.3, -0.25) is 0 Å². The van der Waals surface area contributed by atoms with E-state index in [-0.39, 0.29) is 5.41 Å².